The van der Waals surface area contributed by atoms with Crippen LogP contribution in [0.15, 0.2) is 53.4 Å². The van der Waals surface area contributed by atoms with Crippen LogP contribution < -0.4 is 9.64 Å². The van der Waals surface area contributed by atoms with Gasteiger partial charge in [0.05, 0.1) is 24.2 Å². The fourth-order valence-electron chi connectivity index (χ4n) is 3.31. The van der Waals surface area contributed by atoms with E-state index in [1.807, 2.05) is 54.3 Å². The molecular formula is C21H22N4O2S. The molecule has 1 amide bonds. The van der Waals surface area contributed by atoms with Gasteiger partial charge in [0.25, 0.3) is 5.91 Å². The molecule has 144 valence electrons. The lowest BCUT2D eigenvalue weighted by Gasteiger charge is -2.23. The van der Waals surface area contributed by atoms with Crippen molar-refractivity contribution in [1.82, 2.24) is 15.0 Å². The fraction of sp³-hybridized carbons (Fsp3) is 0.286. The lowest BCUT2D eigenvalue weighted by Crippen LogP contribution is -2.35. The number of thioether (sulfide) groups is 1. The second-order valence-corrected chi connectivity index (χ2v) is 7.99. The monoisotopic (exact) mass is 394 g/mol. The summed E-state index contributed by atoms with van der Waals surface area (Å²) in [5.41, 5.74) is 2.88. The van der Waals surface area contributed by atoms with E-state index in [1.165, 1.54) is 0 Å². The Hall–Kier alpha value is -2.80. The number of carbonyl (C=O) groups excluding carboxylic acids is 1. The standard InChI is InChI=1S/C21H22N4O2S/c1-14-12-24(18-6-4-5-7-19(18)28-13-14)21(26)20-15(2)25(23-22-20)16-8-10-17(27-3)11-9-16/h4-11,14H,12-13H2,1-3H3/t14-/m0/s1. The summed E-state index contributed by atoms with van der Waals surface area (Å²) >= 11 is 1.80. The molecule has 1 aliphatic rings. The summed E-state index contributed by atoms with van der Waals surface area (Å²) in [6.45, 7) is 4.71. The van der Waals surface area contributed by atoms with Crippen molar-refractivity contribution < 1.29 is 9.53 Å². The summed E-state index contributed by atoms with van der Waals surface area (Å²) < 4.78 is 6.89. The minimum atomic E-state index is -0.112. The van der Waals surface area contributed by atoms with Gasteiger partial charge < -0.3 is 9.64 Å². The molecule has 0 saturated heterocycles. The number of anilines is 1. The molecule has 0 saturated carbocycles. The highest BCUT2D eigenvalue weighted by molar-refractivity contribution is 7.99. The highest BCUT2D eigenvalue weighted by Crippen LogP contribution is 2.36. The van der Waals surface area contributed by atoms with Crippen LogP contribution in [0.1, 0.15) is 23.1 Å². The molecular weight excluding hydrogens is 372 g/mol. The second kappa shape index (κ2) is 7.67. The van der Waals surface area contributed by atoms with Crippen molar-refractivity contribution in [3.05, 3.63) is 59.9 Å². The molecule has 28 heavy (non-hydrogen) atoms. The van der Waals surface area contributed by atoms with Gasteiger partial charge in [-0.2, -0.15) is 0 Å². The van der Waals surface area contributed by atoms with E-state index in [4.69, 9.17) is 4.74 Å². The van der Waals surface area contributed by atoms with Crippen molar-refractivity contribution >= 4 is 23.4 Å². The first-order valence-electron chi connectivity index (χ1n) is 9.19. The maximum absolute atomic E-state index is 13.4. The van der Waals surface area contributed by atoms with Crippen molar-refractivity contribution in [2.24, 2.45) is 5.92 Å². The Balaban J connectivity index is 1.69. The zero-order chi connectivity index (χ0) is 19.7. The van der Waals surface area contributed by atoms with Crippen LogP contribution in [0.25, 0.3) is 5.69 Å². The van der Waals surface area contributed by atoms with E-state index in [0.717, 1.165) is 33.5 Å². The van der Waals surface area contributed by atoms with Crippen LogP contribution in [-0.4, -0.2) is 40.3 Å². The quantitative estimate of drug-likeness (QED) is 0.673. The molecule has 1 aliphatic heterocycles. The number of nitrogens with zero attached hydrogens (tertiary/aromatic N) is 4. The number of aromatic nitrogens is 3. The lowest BCUT2D eigenvalue weighted by atomic mass is 10.1. The van der Waals surface area contributed by atoms with Crippen molar-refractivity contribution in [3.8, 4) is 11.4 Å². The SMILES string of the molecule is COc1ccc(-n2nnc(C(=O)N3C[C@H](C)CSc4ccccc43)c2C)cc1. The second-order valence-electron chi connectivity index (χ2n) is 6.93. The van der Waals surface area contributed by atoms with Gasteiger partial charge in [-0.25, -0.2) is 4.68 Å². The van der Waals surface area contributed by atoms with Gasteiger partial charge in [0.1, 0.15) is 5.75 Å². The maximum Gasteiger partial charge on any atom is 0.280 e. The largest absolute Gasteiger partial charge is 0.497 e. The number of benzene rings is 2. The number of rotatable bonds is 3. The van der Waals surface area contributed by atoms with E-state index in [9.17, 15) is 4.79 Å². The highest BCUT2D eigenvalue weighted by atomic mass is 32.2. The summed E-state index contributed by atoms with van der Waals surface area (Å²) in [5, 5.41) is 8.45. The number of methoxy groups -OCH3 is 1. The molecule has 0 bridgehead atoms. The van der Waals surface area contributed by atoms with Crippen LogP contribution in [0.4, 0.5) is 5.69 Å². The number of amides is 1. The van der Waals surface area contributed by atoms with Crippen LogP contribution in [0.2, 0.25) is 0 Å². The Morgan fingerprint density at radius 3 is 2.68 bits per heavy atom. The molecule has 4 rings (SSSR count). The molecule has 0 radical (unpaired) electrons. The Kier molecular flexibility index (Phi) is 5.09. The smallest absolute Gasteiger partial charge is 0.280 e. The number of carbonyl (C=O) groups is 1. The number of ether oxygens (including phenoxy) is 1. The topological polar surface area (TPSA) is 60.2 Å². The number of para-hydroxylation sites is 1. The van der Waals surface area contributed by atoms with E-state index >= 15 is 0 Å². The van der Waals surface area contributed by atoms with Gasteiger partial charge in [-0.3, -0.25) is 4.79 Å². The molecule has 0 aliphatic carbocycles. The van der Waals surface area contributed by atoms with E-state index in [2.05, 4.69) is 23.3 Å². The third-order valence-corrected chi connectivity index (χ3v) is 6.22. The van der Waals surface area contributed by atoms with Crippen LogP contribution >= 0.6 is 11.8 Å². The first-order chi connectivity index (χ1) is 13.6. The van der Waals surface area contributed by atoms with Crippen LogP contribution in [-0.2, 0) is 0 Å². The van der Waals surface area contributed by atoms with Crippen LogP contribution in [0, 0.1) is 12.8 Å². The summed E-state index contributed by atoms with van der Waals surface area (Å²) in [4.78, 5) is 16.4. The van der Waals surface area contributed by atoms with E-state index in [-0.39, 0.29) is 5.91 Å². The molecule has 1 aromatic heterocycles. The number of hydrogen-bond acceptors (Lipinski definition) is 5. The Morgan fingerprint density at radius 1 is 1.18 bits per heavy atom. The predicted molar refractivity (Wildman–Crippen MR) is 111 cm³/mol. The molecule has 3 aromatic rings. The lowest BCUT2D eigenvalue weighted by molar-refractivity contribution is 0.0978. The first-order valence-corrected chi connectivity index (χ1v) is 10.2. The average Bonchev–Trinajstić information content (AvgIpc) is 3.02. The molecule has 0 unspecified atom stereocenters. The Morgan fingerprint density at radius 2 is 1.93 bits per heavy atom. The first kappa shape index (κ1) is 18.6. The molecule has 0 fully saturated rings. The predicted octanol–water partition coefficient (Wildman–Crippen LogP) is 3.97. The van der Waals surface area contributed by atoms with Gasteiger partial charge in [-0.1, -0.05) is 24.3 Å². The molecule has 1 atom stereocenters. The molecule has 0 spiro atoms. The Labute approximate surface area is 168 Å². The number of fused-ring (bicyclic) bond motifs is 1. The highest BCUT2D eigenvalue weighted by Gasteiger charge is 2.29. The average molecular weight is 395 g/mol. The summed E-state index contributed by atoms with van der Waals surface area (Å²) in [5.74, 6) is 2.03. The minimum absolute atomic E-state index is 0.112. The number of hydrogen-bond donors (Lipinski definition) is 0. The molecule has 6 nitrogen and oxygen atoms in total. The van der Waals surface area contributed by atoms with Gasteiger partial charge in [-0.15, -0.1) is 16.9 Å². The van der Waals surface area contributed by atoms with Gasteiger partial charge in [0.2, 0.25) is 0 Å². The summed E-state index contributed by atoms with van der Waals surface area (Å²) in [6.07, 6.45) is 0. The van der Waals surface area contributed by atoms with Gasteiger partial charge >= 0.3 is 0 Å². The van der Waals surface area contributed by atoms with Gasteiger partial charge in [0, 0.05) is 17.2 Å². The normalized spacial score (nSPS) is 16.4. The fourth-order valence-corrected chi connectivity index (χ4v) is 4.38. The van der Waals surface area contributed by atoms with Gasteiger partial charge in [-0.05, 0) is 49.2 Å². The van der Waals surface area contributed by atoms with Crippen molar-refractivity contribution in [2.75, 3.05) is 24.3 Å². The van der Waals surface area contributed by atoms with Crippen molar-refractivity contribution in [1.29, 1.82) is 0 Å². The maximum atomic E-state index is 13.4. The van der Waals surface area contributed by atoms with E-state index < -0.39 is 0 Å². The van der Waals surface area contributed by atoms with Crippen LogP contribution in [0.5, 0.6) is 5.75 Å². The third kappa shape index (κ3) is 3.38. The zero-order valence-electron chi connectivity index (χ0n) is 16.1. The van der Waals surface area contributed by atoms with Crippen molar-refractivity contribution in [2.45, 2.75) is 18.7 Å². The minimum Gasteiger partial charge on any atom is -0.497 e. The van der Waals surface area contributed by atoms with Crippen molar-refractivity contribution in [3.63, 3.8) is 0 Å². The van der Waals surface area contributed by atoms with Gasteiger partial charge in [0.15, 0.2) is 5.69 Å². The molecule has 0 N–H and O–H groups in total. The summed E-state index contributed by atoms with van der Waals surface area (Å²) in [7, 11) is 1.63. The zero-order valence-corrected chi connectivity index (χ0v) is 16.9. The molecule has 7 heteroatoms. The molecule has 2 aromatic carbocycles. The molecule has 2 heterocycles. The Bertz CT molecular complexity index is 1000. The van der Waals surface area contributed by atoms with Crippen LogP contribution in [0.3, 0.4) is 0 Å². The summed E-state index contributed by atoms with van der Waals surface area (Å²) in [6, 6.07) is 15.6. The van der Waals surface area contributed by atoms with E-state index in [1.54, 1.807) is 23.6 Å². The third-order valence-electron chi connectivity index (χ3n) is 4.83. The van der Waals surface area contributed by atoms with E-state index in [0.29, 0.717) is 18.2 Å².